The minimum Gasteiger partial charge on any atom is -0.353 e. The van der Waals surface area contributed by atoms with Crippen LogP contribution in [0.25, 0.3) is 0 Å². The Labute approximate surface area is 132 Å². The van der Waals surface area contributed by atoms with Crippen LogP contribution in [-0.4, -0.2) is 42.1 Å². The van der Waals surface area contributed by atoms with Crippen molar-refractivity contribution in [1.82, 2.24) is 9.88 Å². The second-order valence-electron chi connectivity index (χ2n) is 7.18. The van der Waals surface area contributed by atoms with Crippen molar-refractivity contribution in [1.29, 1.82) is 5.26 Å². The molecule has 116 valence electrons. The van der Waals surface area contributed by atoms with Crippen molar-refractivity contribution < 1.29 is 0 Å². The van der Waals surface area contributed by atoms with E-state index in [1.807, 2.05) is 12.1 Å². The monoisotopic (exact) mass is 296 g/mol. The van der Waals surface area contributed by atoms with Gasteiger partial charge in [-0.05, 0) is 43.2 Å². The van der Waals surface area contributed by atoms with Gasteiger partial charge in [0.2, 0.25) is 0 Å². The molecule has 22 heavy (non-hydrogen) atoms. The molecule has 2 saturated carbocycles. The highest BCUT2D eigenvalue weighted by Crippen LogP contribution is 2.43. The zero-order valence-corrected chi connectivity index (χ0v) is 13.1. The first kappa shape index (κ1) is 14.0. The van der Waals surface area contributed by atoms with Crippen LogP contribution < -0.4 is 4.90 Å². The topological polar surface area (TPSA) is 43.2 Å². The number of anilines is 1. The van der Waals surface area contributed by atoms with Crippen LogP contribution in [0, 0.1) is 23.2 Å². The molecular formula is C18H24N4. The van der Waals surface area contributed by atoms with E-state index in [0.29, 0.717) is 5.56 Å². The molecule has 4 nitrogen and oxygen atoms in total. The third-order valence-electron chi connectivity index (χ3n) is 5.90. The van der Waals surface area contributed by atoms with Crippen LogP contribution in [0.1, 0.15) is 37.7 Å². The molecule has 2 aliphatic carbocycles. The SMILES string of the molecule is N#Cc1cccnc1N1CCN(C2C[C@H]3CC[C@H](C2)C3)CC1. The van der Waals surface area contributed by atoms with Gasteiger partial charge in [0.1, 0.15) is 11.9 Å². The lowest BCUT2D eigenvalue weighted by molar-refractivity contribution is 0.119. The third kappa shape index (κ3) is 2.59. The maximum atomic E-state index is 9.24. The number of hydrogen-bond donors (Lipinski definition) is 0. The first-order valence-corrected chi connectivity index (χ1v) is 8.67. The summed E-state index contributed by atoms with van der Waals surface area (Å²) in [5.74, 6) is 2.87. The number of pyridine rings is 1. The Morgan fingerprint density at radius 1 is 1.05 bits per heavy atom. The summed E-state index contributed by atoms with van der Waals surface area (Å²) in [5, 5.41) is 9.24. The zero-order valence-electron chi connectivity index (χ0n) is 13.1. The van der Waals surface area contributed by atoms with E-state index in [2.05, 4.69) is 20.9 Å². The van der Waals surface area contributed by atoms with Gasteiger partial charge in [0.05, 0.1) is 5.56 Å². The molecule has 1 aliphatic heterocycles. The van der Waals surface area contributed by atoms with E-state index in [1.165, 1.54) is 32.1 Å². The van der Waals surface area contributed by atoms with E-state index in [1.54, 1.807) is 6.20 Å². The molecule has 0 aromatic carbocycles. The van der Waals surface area contributed by atoms with E-state index >= 15 is 0 Å². The van der Waals surface area contributed by atoms with Gasteiger partial charge in [0.25, 0.3) is 0 Å². The van der Waals surface area contributed by atoms with Gasteiger partial charge in [0.15, 0.2) is 0 Å². The molecule has 4 heteroatoms. The lowest BCUT2D eigenvalue weighted by Crippen LogP contribution is -2.52. The molecule has 2 bridgehead atoms. The van der Waals surface area contributed by atoms with E-state index < -0.39 is 0 Å². The number of nitriles is 1. The minimum absolute atomic E-state index is 0.701. The molecule has 2 heterocycles. The molecule has 1 saturated heterocycles. The fourth-order valence-corrected chi connectivity index (χ4v) is 4.81. The van der Waals surface area contributed by atoms with E-state index in [0.717, 1.165) is 49.9 Å². The average molecular weight is 296 g/mol. The molecule has 0 radical (unpaired) electrons. The van der Waals surface area contributed by atoms with Gasteiger partial charge in [-0.1, -0.05) is 12.8 Å². The first-order chi connectivity index (χ1) is 10.8. The first-order valence-electron chi connectivity index (χ1n) is 8.67. The number of hydrogen-bond acceptors (Lipinski definition) is 4. The van der Waals surface area contributed by atoms with Gasteiger partial charge in [-0.2, -0.15) is 5.26 Å². The fraction of sp³-hybridized carbons (Fsp3) is 0.667. The number of piperazine rings is 1. The van der Waals surface area contributed by atoms with Gasteiger partial charge in [0, 0.05) is 38.4 Å². The lowest BCUT2D eigenvalue weighted by Gasteiger charge is -2.42. The number of rotatable bonds is 2. The van der Waals surface area contributed by atoms with Crippen molar-refractivity contribution in [3.8, 4) is 6.07 Å². The van der Waals surface area contributed by atoms with Gasteiger partial charge in [-0.15, -0.1) is 0 Å². The Balaban J connectivity index is 1.39. The predicted octanol–water partition coefficient (Wildman–Crippen LogP) is 2.65. The Morgan fingerprint density at radius 2 is 1.77 bits per heavy atom. The van der Waals surface area contributed by atoms with E-state index in [9.17, 15) is 5.26 Å². The molecule has 1 aromatic rings. The molecular weight excluding hydrogens is 272 g/mol. The largest absolute Gasteiger partial charge is 0.353 e. The highest BCUT2D eigenvalue weighted by molar-refractivity contribution is 5.53. The highest BCUT2D eigenvalue weighted by Gasteiger charge is 2.37. The summed E-state index contributed by atoms with van der Waals surface area (Å²) in [7, 11) is 0. The second kappa shape index (κ2) is 5.89. The van der Waals surface area contributed by atoms with Crippen molar-refractivity contribution in [2.75, 3.05) is 31.1 Å². The van der Waals surface area contributed by atoms with Gasteiger partial charge in [-0.25, -0.2) is 4.98 Å². The quantitative estimate of drug-likeness (QED) is 0.841. The second-order valence-corrected chi connectivity index (χ2v) is 7.18. The summed E-state index contributed by atoms with van der Waals surface area (Å²) in [5.41, 5.74) is 0.701. The smallest absolute Gasteiger partial charge is 0.146 e. The number of fused-ring (bicyclic) bond motifs is 2. The fourth-order valence-electron chi connectivity index (χ4n) is 4.81. The molecule has 3 fully saturated rings. The maximum Gasteiger partial charge on any atom is 0.146 e. The van der Waals surface area contributed by atoms with E-state index in [-0.39, 0.29) is 0 Å². The van der Waals surface area contributed by atoms with Gasteiger partial charge in [-0.3, -0.25) is 4.90 Å². The summed E-state index contributed by atoms with van der Waals surface area (Å²) >= 11 is 0. The maximum absolute atomic E-state index is 9.24. The Hall–Kier alpha value is -1.60. The van der Waals surface area contributed by atoms with Crippen molar-refractivity contribution in [3.05, 3.63) is 23.9 Å². The van der Waals surface area contributed by atoms with Crippen LogP contribution in [0.4, 0.5) is 5.82 Å². The molecule has 3 aliphatic rings. The molecule has 0 amide bonds. The summed E-state index contributed by atoms with van der Waals surface area (Å²) in [6.45, 7) is 4.23. The molecule has 4 rings (SSSR count). The van der Waals surface area contributed by atoms with Crippen LogP contribution in [0.2, 0.25) is 0 Å². The minimum atomic E-state index is 0.701. The molecule has 1 aromatic heterocycles. The predicted molar refractivity (Wildman–Crippen MR) is 86.6 cm³/mol. The van der Waals surface area contributed by atoms with Crippen LogP contribution in [0.5, 0.6) is 0 Å². The summed E-state index contributed by atoms with van der Waals surface area (Å²) in [4.78, 5) is 9.42. The van der Waals surface area contributed by atoms with Crippen LogP contribution >= 0.6 is 0 Å². The lowest BCUT2D eigenvalue weighted by atomic mass is 9.84. The normalized spacial score (nSPS) is 32.0. The van der Waals surface area contributed by atoms with Crippen molar-refractivity contribution >= 4 is 5.82 Å². The summed E-state index contributed by atoms with van der Waals surface area (Å²) < 4.78 is 0. The molecule has 2 atom stereocenters. The van der Waals surface area contributed by atoms with Crippen LogP contribution in [0.3, 0.4) is 0 Å². The van der Waals surface area contributed by atoms with Gasteiger partial charge < -0.3 is 4.90 Å². The Kier molecular flexibility index (Phi) is 3.75. The standard InChI is InChI=1S/C18H24N4/c19-13-16-2-1-5-20-18(16)22-8-6-21(7-9-22)17-11-14-3-4-15(10-14)12-17/h1-2,5,14-15,17H,3-4,6-12H2/t14-,15-/m0/s1. The van der Waals surface area contributed by atoms with E-state index in [4.69, 9.17) is 0 Å². The van der Waals surface area contributed by atoms with Crippen LogP contribution in [0.15, 0.2) is 18.3 Å². The summed E-state index contributed by atoms with van der Waals surface area (Å²) in [6.07, 6.45) is 9.07. The highest BCUT2D eigenvalue weighted by atomic mass is 15.3. The summed E-state index contributed by atoms with van der Waals surface area (Å²) in [6, 6.07) is 6.79. The van der Waals surface area contributed by atoms with Crippen molar-refractivity contribution in [2.24, 2.45) is 11.8 Å². The Bertz CT molecular complexity index is 559. The number of nitrogens with zero attached hydrogens (tertiary/aromatic N) is 4. The molecule has 0 spiro atoms. The Morgan fingerprint density at radius 3 is 2.45 bits per heavy atom. The van der Waals surface area contributed by atoms with Crippen LogP contribution in [-0.2, 0) is 0 Å². The molecule has 0 N–H and O–H groups in total. The average Bonchev–Trinajstić information content (AvgIpc) is 2.93. The van der Waals surface area contributed by atoms with Crippen molar-refractivity contribution in [3.63, 3.8) is 0 Å². The zero-order chi connectivity index (χ0) is 14.9. The molecule has 0 unspecified atom stereocenters. The number of aromatic nitrogens is 1. The van der Waals surface area contributed by atoms with Gasteiger partial charge >= 0.3 is 0 Å². The van der Waals surface area contributed by atoms with Crippen molar-refractivity contribution in [2.45, 2.75) is 38.1 Å². The third-order valence-corrected chi connectivity index (χ3v) is 5.90.